The van der Waals surface area contributed by atoms with E-state index in [-0.39, 0.29) is 35.7 Å². The van der Waals surface area contributed by atoms with E-state index in [1.54, 1.807) is 23.7 Å². The van der Waals surface area contributed by atoms with Crippen LogP contribution >= 0.6 is 0 Å². The van der Waals surface area contributed by atoms with Crippen molar-refractivity contribution in [3.05, 3.63) is 47.5 Å². The first-order chi connectivity index (χ1) is 14.0. The Morgan fingerprint density at radius 1 is 1.24 bits per heavy atom. The van der Waals surface area contributed by atoms with Gasteiger partial charge in [-0.15, -0.1) is 0 Å². The van der Waals surface area contributed by atoms with Crippen LogP contribution in [0.5, 0.6) is 0 Å². The summed E-state index contributed by atoms with van der Waals surface area (Å²) < 4.78 is 19.6. The van der Waals surface area contributed by atoms with E-state index in [9.17, 15) is 14.0 Å². The molecule has 8 nitrogen and oxygen atoms in total. The number of amides is 1. The summed E-state index contributed by atoms with van der Waals surface area (Å²) in [5.74, 6) is -0.765. The normalized spacial score (nSPS) is 26.0. The van der Waals surface area contributed by atoms with Crippen LogP contribution in [0.1, 0.15) is 35.3 Å². The molecule has 1 aromatic heterocycles. The molecule has 4 rings (SSSR count). The third-order valence-electron chi connectivity index (χ3n) is 5.87. The van der Waals surface area contributed by atoms with Crippen molar-refractivity contribution in [2.75, 3.05) is 7.11 Å². The topological polar surface area (TPSA) is 97.3 Å². The van der Waals surface area contributed by atoms with Gasteiger partial charge in [0.05, 0.1) is 30.3 Å². The smallest absolute Gasteiger partial charge is 0.324 e. The van der Waals surface area contributed by atoms with Gasteiger partial charge in [-0.25, -0.2) is 14.5 Å². The number of hydrogen-bond donors (Lipinski definition) is 3. The SMILES string of the molecule is COC(=O)C1NNC2CCC(NC(=O)c3cnn(-c4ccc(F)cc4)c3C)CC21. The maximum absolute atomic E-state index is 13.2. The highest BCUT2D eigenvalue weighted by molar-refractivity contribution is 5.95. The van der Waals surface area contributed by atoms with Crippen LogP contribution in [-0.2, 0) is 9.53 Å². The molecule has 2 aromatic rings. The molecular weight excluding hydrogens is 377 g/mol. The quantitative estimate of drug-likeness (QED) is 0.667. The fraction of sp³-hybridized carbons (Fsp3) is 0.450. The highest BCUT2D eigenvalue weighted by atomic mass is 19.1. The Morgan fingerprint density at radius 2 is 2.00 bits per heavy atom. The molecule has 1 aromatic carbocycles. The van der Waals surface area contributed by atoms with Crippen LogP contribution < -0.4 is 16.2 Å². The minimum absolute atomic E-state index is 0.0359. The van der Waals surface area contributed by atoms with Crippen molar-refractivity contribution in [2.24, 2.45) is 5.92 Å². The molecule has 4 unspecified atom stereocenters. The molecule has 2 aliphatic rings. The van der Waals surface area contributed by atoms with Gasteiger partial charge in [0.2, 0.25) is 0 Å². The molecule has 0 radical (unpaired) electrons. The molecule has 0 bridgehead atoms. The number of hydrazine groups is 1. The summed E-state index contributed by atoms with van der Waals surface area (Å²) in [7, 11) is 1.38. The highest BCUT2D eigenvalue weighted by Crippen LogP contribution is 2.31. The Balaban J connectivity index is 1.45. The third-order valence-corrected chi connectivity index (χ3v) is 5.87. The van der Waals surface area contributed by atoms with Gasteiger partial charge in [0.15, 0.2) is 0 Å². The van der Waals surface area contributed by atoms with Crippen LogP contribution in [0.3, 0.4) is 0 Å². The van der Waals surface area contributed by atoms with Gasteiger partial charge in [-0.1, -0.05) is 0 Å². The first-order valence-electron chi connectivity index (χ1n) is 9.68. The predicted octanol–water partition coefficient (Wildman–Crippen LogP) is 1.24. The zero-order valence-electron chi connectivity index (χ0n) is 16.3. The predicted molar refractivity (Wildman–Crippen MR) is 103 cm³/mol. The molecule has 1 aliphatic carbocycles. The number of halogens is 1. The maximum Gasteiger partial charge on any atom is 0.324 e. The van der Waals surface area contributed by atoms with Crippen LogP contribution in [-0.4, -0.2) is 46.9 Å². The van der Waals surface area contributed by atoms with E-state index in [1.807, 2.05) is 0 Å². The number of carbonyl (C=O) groups excluding carboxylic acids is 2. The van der Waals surface area contributed by atoms with Gasteiger partial charge >= 0.3 is 5.97 Å². The van der Waals surface area contributed by atoms with E-state index >= 15 is 0 Å². The number of ether oxygens (including phenoxy) is 1. The lowest BCUT2D eigenvalue weighted by atomic mass is 9.79. The molecule has 4 atom stereocenters. The van der Waals surface area contributed by atoms with E-state index in [4.69, 9.17) is 4.74 Å². The molecule has 29 heavy (non-hydrogen) atoms. The number of methoxy groups -OCH3 is 1. The van der Waals surface area contributed by atoms with Crippen LogP contribution in [0.15, 0.2) is 30.5 Å². The minimum Gasteiger partial charge on any atom is -0.468 e. The Morgan fingerprint density at radius 3 is 2.72 bits per heavy atom. The van der Waals surface area contributed by atoms with Crippen molar-refractivity contribution in [3.8, 4) is 5.69 Å². The molecule has 1 aliphatic heterocycles. The van der Waals surface area contributed by atoms with Gasteiger partial charge in [0.1, 0.15) is 11.9 Å². The monoisotopic (exact) mass is 401 g/mol. The van der Waals surface area contributed by atoms with Gasteiger partial charge in [0.25, 0.3) is 5.91 Å². The number of hydrogen-bond acceptors (Lipinski definition) is 6. The number of nitrogens with zero attached hydrogens (tertiary/aromatic N) is 2. The first-order valence-corrected chi connectivity index (χ1v) is 9.68. The average molecular weight is 401 g/mol. The lowest BCUT2D eigenvalue weighted by molar-refractivity contribution is -0.144. The molecule has 9 heteroatoms. The number of nitrogens with one attached hydrogen (secondary N) is 3. The Labute approximate surface area is 167 Å². The second-order valence-corrected chi connectivity index (χ2v) is 7.58. The number of rotatable bonds is 4. The maximum atomic E-state index is 13.2. The standard InChI is InChI=1S/C20H24FN5O3/c1-11-16(10-22-26(11)14-6-3-12(21)4-7-14)19(27)23-13-5-8-17-15(9-13)18(25-24-17)20(28)29-2/h3-4,6-7,10,13,15,17-18,24-25H,5,8-9H2,1-2H3,(H,23,27). The van der Waals surface area contributed by atoms with Crippen molar-refractivity contribution < 1.29 is 18.7 Å². The number of esters is 1. The second-order valence-electron chi connectivity index (χ2n) is 7.58. The Hall–Kier alpha value is -2.78. The van der Waals surface area contributed by atoms with Crippen LogP contribution in [0.25, 0.3) is 5.69 Å². The van der Waals surface area contributed by atoms with Gasteiger partial charge in [-0.2, -0.15) is 5.10 Å². The second kappa shape index (κ2) is 7.92. The molecular formula is C20H24FN5O3. The fourth-order valence-electron chi connectivity index (χ4n) is 4.29. The summed E-state index contributed by atoms with van der Waals surface area (Å²) in [6, 6.07) is 5.69. The van der Waals surface area contributed by atoms with E-state index in [2.05, 4.69) is 21.3 Å². The zero-order valence-corrected chi connectivity index (χ0v) is 16.3. The van der Waals surface area contributed by atoms with Crippen molar-refractivity contribution in [1.82, 2.24) is 25.9 Å². The van der Waals surface area contributed by atoms with E-state index in [1.165, 1.54) is 25.4 Å². The lowest BCUT2D eigenvalue weighted by Crippen LogP contribution is -2.46. The summed E-state index contributed by atoms with van der Waals surface area (Å²) >= 11 is 0. The summed E-state index contributed by atoms with van der Waals surface area (Å²) in [5.41, 5.74) is 8.02. The molecule has 1 saturated heterocycles. The fourth-order valence-corrected chi connectivity index (χ4v) is 4.29. The van der Waals surface area contributed by atoms with Crippen molar-refractivity contribution in [2.45, 2.75) is 44.3 Å². The summed E-state index contributed by atoms with van der Waals surface area (Å²) in [6.07, 6.45) is 3.88. The highest BCUT2D eigenvalue weighted by Gasteiger charge is 2.44. The molecule has 1 saturated carbocycles. The number of aromatic nitrogens is 2. The number of carbonyl (C=O) groups is 2. The molecule has 0 spiro atoms. The molecule has 154 valence electrons. The Kier molecular flexibility index (Phi) is 5.33. The summed E-state index contributed by atoms with van der Waals surface area (Å²) in [5, 5.41) is 7.36. The lowest BCUT2D eigenvalue weighted by Gasteiger charge is -2.32. The number of benzene rings is 1. The minimum atomic E-state index is -0.410. The van der Waals surface area contributed by atoms with Crippen molar-refractivity contribution >= 4 is 11.9 Å². The van der Waals surface area contributed by atoms with Crippen molar-refractivity contribution in [3.63, 3.8) is 0 Å². The van der Waals surface area contributed by atoms with Crippen LogP contribution in [0.4, 0.5) is 4.39 Å². The first kappa shape index (κ1) is 19.5. The molecule has 2 fully saturated rings. The summed E-state index contributed by atoms with van der Waals surface area (Å²) in [4.78, 5) is 24.8. The van der Waals surface area contributed by atoms with E-state index in [0.29, 0.717) is 23.4 Å². The largest absolute Gasteiger partial charge is 0.468 e. The van der Waals surface area contributed by atoms with Crippen molar-refractivity contribution in [1.29, 1.82) is 0 Å². The average Bonchev–Trinajstić information content (AvgIpc) is 3.31. The third kappa shape index (κ3) is 3.75. The van der Waals surface area contributed by atoms with Gasteiger partial charge in [0, 0.05) is 18.0 Å². The van der Waals surface area contributed by atoms with Gasteiger partial charge in [-0.05, 0) is 50.5 Å². The zero-order chi connectivity index (χ0) is 20.5. The molecule has 1 amide bonds. The Bertz CT molecular complexity index is 913. The van der Waals surface area contributed by atoms with Gasteiger partial charge < -0.3 is 10.1 Å². The van der Waals surface area contributed by atoms with E-state index < -0.39 is 6.04 Å². The molecule has 2 heterocycles. The molecule has 3 N–H and O–H groups in total. The van der Waals surface area contributed by atoms with Gasteiger partial charge in [-0.3, -0.25) is 15.0 Å². The van der Waals surface area contributed by atoms with E-state index in [0.717, 1.165) is 12.8 Å². The number of fused-ring (bicyclic) bond motifs is 1. The van der Waals surface area contributed by atoms with Crippen LogP contribution in [0.2, 0.25) is 0 Å². The summed E-state index contributed by atoms with van der Waals surface area (Å²) in [6.45, 7) is 1.81. The van der Waals surface area contributed by atoms with Crippen LogP contribution in [0, 0.1) is 18.7 Å².